The number of amides is 2. The second-order valence-electron chi connectivity index (χ2n) is 10.4. The van der Waals surface area contributed by atoms with E-state index in [-0.39, 0.29) is 30.9 Å². The minimum Gasteiger partial charge on any atom is -0.394 e. The highest BCUT2D eigenvalue weighted by molar-refractivity contribution is 6.20. The largest absolute Gasteiger partial charge is 0.394 e. The number of rotatable bonds is 16. The average Bonchev–Trinajstić information content (AvgIpc) is 3.32. The van der Waals surface area contributed by atoms with Gasteiger partial charge in [-0.15, -0.1) is 5.06 Å². The van der Waals surface area contributed by atoms with Crippen molar-refractivity contribution in [2.24, 2.45) is 0 Å². The maximum absolute atomic E-state index is 12.9. The highest BCUT2D eigenvalue weighted by Gasteiger charge is 2.40. The monoisotopic (exact) mass is 597 g/mol. The Morgan fingerprint density at radius 1 is 0.568 bits per heavy atom. The maximum Gasteiger partial charge on any atom is 0.285 e. The molecule has 9 heteroatoms. The molecule has 0 aromatic heterocycles. The molecule has 9 nitrogen and oxygen atoms in total. The van der Waals surface area contributed by atoms with Gasteiger partial charge in [0, 0.05) is 0 Å². The lowest BCUT2D eigenvalue weighted by molar-refractivity contribution is -0.205. The minimum atomic E-state index is -1.39. The zero-order valence-electron chi connectivity index (χ0n) is 24.1. The number of carbonyl (C=O) groups is 2. The van der Waals surface area contributed by atoms with Crippen LogP contribution in [0.25, 0.3) is 0 Å². The molecule has 0 bridgehead atoms. The van der Waals surface area contributed by atoms with Crippen LogP contribution in [-0.4, -0.2) is 64.7 Å². The third kappa shape index (κ3) is 7.83. The maximum atomic E-state index is 12.9. The lowest BCUT2D eigenvalue weighted by atomic mass is 10.0. The molecule has 0 unspecified atom stereocenters. The summed E-state index contributed by atoms with van der Waals surface area (Å²) in [6.07, 6.45) is -4.37. The van der Waals surface area contributed by atoms with E-state index in [9.17, 15) is 19.8 Å². The molecule has 0 saturated heterocycles. The summed E-state index contributed by atoms with van der Waals surface area (Å²) in [4.78, 5) is 31.3. The summed E-state index contributed by atoms with van der Waals surface area (Å²) in [5.41, 5.74) is 3.06. The molecule has 4 aromatic rings. The van der Waals surface area contributed by atoms with Gasteiger partial charge in [-0.05, 0) is 28.8 Å². The van der Waals surface area contributed by atoms with Crippen LogP contribution in [0.15, 0.2) is 115 Å². The van der Waals surface area contributed by atoms with E-state index in [0.29, 0.717) is 5.06 Å². The predicted octanol–water partition coefficient (Wildman–Crippen LogP) is 4.32. The summed E-state index contributed by atoms with van der Waals surface area (Å²) < 4.78 is 18.7. The van der Waals surface area contributed by atoms with E-state index >= 15 is 0 Å². The average molecular weight is 598 g/mol. The van der Waals surface area contributed by atoms with Crippen LogP contribution in [0.3, 0.4) is 0 Å². The van der Waals surface area contributed by atoms with E-state index in [4.69, 9.17) is 19.0 Å². The van der Waals surface area contributed by atoms with Crippen LogP contribution in [0.2, 0.25) is 0 Å². The van der Waals surface area contributed by atoms with E-state index in [1.807, 2.05) is 91.0 Å². The zero-order chi connectivity index (χ0) is 30.7. The molecule has 5 rings (SSSR count). The van der Waals surface area contributed by atoms with E-state index in [1.54, 1.807) is 24.3 Å². The number of carbonyl (C=O) groups excluding carboxylic acids is 2. The zero-order valence-corrected chi connectivity index (χ0v) is 24.1. The molecule has 0 fully saturated rings. The van der Waals surface area contributed by atoms with Gasteiger partial charge in [0.1, 0.15) is 31.0 Å². The number of nitrogens with zero attached hydrogens (tertiary/aromatic N) is 1. The van der Waals surface area contributed by atoms with Gasteiger partial charge in [0.2, 0.25) is 0 Å². The van der Waals surface area contributed by atoms with Crippen LogP contribution in [0.1, 0.15) is 37.4 Å². The molecule has 0 radical (unpaired) electrons. The number of benzene rings is 4. The summed E-state index contributed by atoms with van der Waals surface area (Å²) in [5, 5.41) is 22.7. The Labute approximate surface area is 256 Å². The first-order valence-electron chi connectivity index (χ1n) is 14.4. The number of hydrogen-bond acceptors (Lipinski definition) is 8. The number of imide groups is 1. The van der Waals surface area contributed by atoms with Crippen molar-refractivity contribution >= 4 is 11.8 Å². The molecule has 1 heterocycles. The van der Waals surface area contributed by atoms with E-state index in [0.717, 1.165) is 16.7 Å². The van der Waals surface area contributed by atoms with Crippen LogP contribution in [0, 0.1) is 0 Å². The fourth-order valence-electron chi connectivity index (χ4n) is 4.93. The summed E-state index contributed by atoms with van der Waals surface area (Å²) in [6, 6.07) is 34.8. The summed E-state index contributed by atoms with van der Waals surface area (Å²) in [7, 11) is 0. The highest BCUT2D eigenvalue weighted by atomic mass is 16.7. The number of ether oxygens (including phenoxy) is 3. The van der Waals surface area contributed by atoms with Crippen LogP contribution in [0.4, 0.5) is 0 Å². The first-order chi connectivity index (χ1) is 21.5. The van der Waals surface area contributed by atoms with E-state index in [1.165, 1.54) is 0 Å². The lowest BCUT2D eigenvalue weighted by Gasteiger charge is -2.35. The second-order valence-corrected chi connectivity index (χ2v) is 10.4. The standard InChI is InChI=1S/C35H35NO8/c37-20-31(41-21-25-12-4-1-5-13-25)33(43-23-27-16-8-3-9-17-27)32(42-22-26-14-6-2-7-15-26)30(38)24-44-36-34(39)28-18-10-11-19-29(28)35(36)40/h1-19,30-33,37-38H,20-24H2/t30-,31-,32-,33-/m1/s1. The number of aliphatic hydroxyl groups excluding tert-OH is 2. The van der Waals surface area contributed by atoms with Crippen LogP contribution >= 0.6 is 0 Å². The Balaban J connectivity index is 1.38. The van der Waals surface area contributed by atoms with Crippen molar-refractivity contribution in [3.8, 4) is 0 Å². The molecule has 1 aliphatic rings. The SMILES string of the molecule is O=C1c2ccccc2C(=O)N1OC[C@@H](O)[C@@H](OCc1ccccc1)[C@H](OCc1ccccc1)[C@@H](CO)OCc1ccccc1. The van der Waals surface area contributed by atoms with E-state index < -0.39 is 49.4 Å². The summed E-state index contributed by atoms with van der Waals surface area (Å²) in [6.45, 7) is -0.452. The van der Waals surface area contributed by atoms with Gasteiger partial charge in [-0.1, -0.05) is 103 Å². The molecule has 2 amide bonds. The van der Waals surface area contributed by atoms with Crippen LogP contribution < -0.4 is 0 Å². The number of fused-ring (bicyclic) bond motifs is 1. The van der Waals surface area contributed by atoms with Crippen molar-refractivity contribution in [1.29, 1.82) is 0 Å². The topological polar surface area (TPSA) is 115 Å². The molecule has 0 aliphatic carbocycles. The van der Waals surface area contributed by atoms with Crippen molar-refractivity contribution in [3.05, 3.63) is 143 Å². The Morgan fingerprint density at radius 2 is 0.977 bits per heavy atom. The Morgan fingerprint density at radius 3 is 1.43 bits per heavy atom. The normalized spacial score (nSPS) is 15.5. The Kier molecular flexibility index (Phi) is 11.0. The first kappa shape index (κ1) is 31.2. The van der Waals surface area contributed by atoms with Crippen molar-refractivity contribution < 1.29 is 38.9 Å². The van der Waals surface area contributed by atoms with Crippen molar-refractivity contribution in [2.45, 2.75) is 44.2 Å². The minimum absolute atomic E-state index is 0.109. The smallest absolute Gasteiger partial charge is 0.285 e. The van der Waals surface area contributed by atoms with Gasteiger partial charge in [0.05, 0.1) is 37.6 Å². The van der Waals surface area contributed by atoms with Crippen molar-refractivity contribution in [2.75, 3.05) is 13.2 Å². The van der Waals surface area contributed by atoms with Gasteiger partial charge in [-0.25, -0.2) is 0 Å². The molecule has 0 spiro atoms. The Hall–Kier alpha value is -4.22. The molecule has 0 saturated carbocycles. The molecule has 2 N–H and O–H groups in total. The lowest BCUT2D eigenvalue weighted by Crippen LogP contribution is -2.51. The molecule has 44 heavy (non-hydrogen) atoms. The fraction of sp³-hybridized carbons (Fsp3) is 0.257. The van der Waals surface area contributed by atoms with Crippen molar-refractivity contribution in [3.63, 3.8) is 0 Å². The second kappa shape index (κ2) is 15.5. The van der Waals surface area contributed by atoms with Crippen LogP contribution in [0.5, 0.6) is 0 Å². The van der Waals surface area contributed by atoms with E-state index in [2.05, 4.69) is 0 Å². The molecule has 4 atom stereocenters. The predicted molar refractivity (Wildman–Crippen MR) is 161 cm³/mol. The van der Waals surface area contributed by atoms with Gasteiger partial charge in [-0.2, -0.15) is 0 Å². The van der Waals surface area contributed by atoms with Gasteiger partial charge < -0.3 is 24.4 Å². The van der Waals surface area contributed by atoms with Gasteiger partial charge in [0.25, 0.3) is 11.8 Å². The van der Waals surface area contributed by atoms with Crippen LogP contribution in [-0.2, 0) is 38.9 Å². The Bertz CT molecular complexity index is 1450. The summed E-state index contributed by atoms with van der Waals surface area (Å²) >= 11 is 0. The third-order valence-corrected chi connectivity index (χ3v) is 7.26. The van der Waals surface area contributed by atoms with Gasteiger partial charge >= 0.3 is 0 Å². The number of aliphatic hydroxyl groups is 2. The quantitative estimate of drug-likeness (QED) is 0.184. The number of hydrogen-bond donors (Lipinski definition) is 2. The molecule has 228 valence electrons. The molecular weight excluding hydrogens is 562 g/mol. The fourth-order valence-corrected chi connectivity index (χ4v) is 4.93. The van der Waals surface area contributed by atoms with Gasteiger partial charge in [0.15, 0.2) is 0 Å². The molecule has 1 aliphatic heterocycles. The highest BCUT2D eigenvalue weighted by Crippen LogP contribution is 2.25. The van der Waals surface area contributed by atoms with Gasteiger partial charge in [-0.3, -0.25) is 14.4 Å². The summed E-state index contributed by atoms with van der Waals surface area (Å²) in [5.74, 6) is -1.23. The molecular formula is C35H35NO8. The first-order valence-corrected chi connectivity index (χ1v) is 14.4. The number of hydroxylamine groups is 2. The third-order valence-electron chi connectivity index (χ3n) is 7.26. The molecule has 4 aromatic carbocycles. The van der Waals surface area contributed by atoms with Crippen molar-refractivity contribution in [1.82, 2.24) is 5.06 Å².